The van der Waals surface area contributed by atoms with Crippen LogP contribution in [0.2, 0.25) is 0 Å². The van der Waals surface area contributed by atoms with Crippen LogP contribution in [0.15, 0.2) is 0 Å². The Balaban J connectivity index is 1.55. The van der Waals surface area contributed by atoms with E-state index in [2.05, 4.69) is 15.3 Å². The number of nitrogens with two attached hydrogens (primary N) is 1. The van der Waals surface area contributed by atoms with Gasteiger partial charge in [0.2, 0.25) is 11.8 Å². The fraction of sp³-hybridized carbons (Fsp3) is 0.722. The molecule has 0 unspecified atom stereocenters. The lowest BCUT2D eigenvalue weighted by Gasteiger charge is -2.19. The number of amides is 2. The summed E-state index contributed by atoms with van der Waals surface area (Å²) in [6.07, 6.45) is 3.64. The molecule has 1 saturated carbocycles. The molecule has 0 aromatic carbocycles. The van der Waals surface area contributed by atoms with Crippen LogP contribution in [0.25, 0.3) is 0 Å². The van der Waals surface area contributed by atoms with E-state index in [0.29, 0.717) is 24.7 Å². The fourth-order valence-electron chi connectivity index (χ4n) is 4.11. The molecule has 1 aromatic rings. The van der Waals surface area contributed by atoms with E-state index in [1.54, 1.807) is 0 Å². The van der Waals surface area contributed by atoms with E-state index in [-0.39, 0.29) is 24.4 Å². The number of hydrogen-bond acceptors (Lipinski definition) is 4. The van der Waals surface area contributed by atoms with Crippen molar-refractivity contribution in [2.45, 2.75) is 45.6 Å². The summed E-state index contributed by atoms with van der Waals surface area (Å²) < 4.78 is 1.87. The van der Waals surface area contributed by atoms with Crippen LogP contribution in [0.1, 0.15) is 36.2 Å². The van der Waals surface area contributed by atoms with Gasteiger partial charge in [-0.15, -0.1) is 0 Å². The van der Waals surface area contributed by atoms with E-state index in [4.69, 9.17) is 5.73 Å². The zero-order valence-corrected chi connectivity index (χ0v) is 15.4. The second kappa shape index (κ2) is 7.15. The van der Waals surface area contributed by atoms with E-state index in [1.165, 1.54) is 12.8 Å². The van der Waals surface area contributed by atoms with Crippen LogP contribution in [0.4, 0.5) is 0 Å². The first-order chi connectivity index (χ1) is 11.8. The van der Waals surface area contributed by atoms with Crippen molar-refractivity contribution in [1.82, 2.24) is 20.0 Å². The molecule has 1 saturated heterocycles. The molecular formula is C18H29N5O2. The quantitative estimate of drug-likeness (QED) is 0.741. The molecule has 138 valence electrons. The Labute approximate surface area is 148 Å². The Morgan fingerprint density at radius 2 is 2.00 bits per heavy atom. The summed E-state index contributed by atoms with van der Waals surface area (Å²) >= 11 is 0. The maximum Gasteiger partial charge on any atom is 0.231 e. The summed E-state index contributed by atoms with van der Waals surface area (Å²) in [5.41, 5.74) is 8.61. The molecule has 7 heteroatoms. The third kappa shape index (κ3) is 4.21. The van der Waals surface area contributed by atoms with Crippen molar-refractivity contribution in [3.63, 3.8) is 0 Å². The summed E-state index contributed by atoms with van der Waals surface area (Å²) in [6, 6.07) is 0.135. The number of nitrogens with zero attached hydrogens (tertiary/aromatic N) is 3. The molecule has 2 amide bonds. The van der Waals surface area contributed by atoms with Gasteiger partial charge in [-0.2, -0.15) is 5.10 Å². The smallest absolute Gasteiger partial charge is 0.231 e. The molecule has 0 radical (unpaired) electrons. The molecule has 25 heavy (non-hydrogen) atoms. The fourth-order valence-corrected chi connectivity index (χ4v) is 4.11. The van der Waals surface area contributed by atoms with Crippen molar-refractivity contribution in [3.8, 4) is 0 Å². The molecule has 1 aliphatic heterocycles. The normalized spacial score (nSPS) is 23.8. The van der Waals surface area contributed by atoms with E-state index in [1.807, 2.05) is 25.6 Å². The van der Waals surface area contributed by atoms with Gasteiger partial charge < -0.3 is 11.1 Å². The van der Waals surface area contributed by atoms with Gasteiger partial charge in [0.05, 0.1) is 12.2 Å². The second-order valence-corrected chi connectivity index (χ2v) is 7.61. The predicted octanol–water partition coefficient (Wildman–Crippen LogP) is 0.281. The lowest BCUT2D eigenvalue weighted by molar-refractivity contribution is -0.122. The van der Waals surface area contributed by atoms with Gasteiger partial charge in [0.15, 0.2) is 0 Å². The Morgan fingerprint density at radius 3 is 2.56 bits per heavy atom. The van der Waals surface area contributed by atoms with Crippen LogP contribution in [0, 0.1) is 25.7 Å². The van der Waals surface area contributed by atoms with Crippen LogP contribution in [0.5, 0.6) is 0 Å². The summed E-state index contributed by atoms with van der Waals surface area (Å²) in [6.45, 7) is 5.89. The SMILES string of the molecule is Cc1nn(C)c(C)c1CCC(=O)N[C@H]1CN(CC(N)=O)C[C@@H]1C1CC1. The Hall–Kier alpha value is -1.89. The predicted molar refractivity (Wildman–Crippen MR) is 94.8 cm³/mol. The molecule has 2 heterocycles. The number of hydrogen-bond donors (Lipinski definition) is 2. The largest absolute Gasteiger partial charge is 0.369 e. The summed E-state index contributed by atoms with van der Waals surface area (Å²) in [4.78, 5) is 25.7. The number of primary amides is 1. The Kier molecular flexibility index (Phi) is 5.13. The molecule has 2 atom stereocenters. The van der Waals surface area contributed by atoms with Crippen LogP contribution in [0.3, 0.4) is 0 Å². The zero-order valence-electron chi connectivity index (χ0n) is 15.4. The first kappa shape index (κ1) is 17.9. The standard InChI is InChI=1S/C18H29N5O2/c1-11-14(12(2)22(3)21-11)6-7-18(25)20-16-9-23(10-17(19)24)8-15(16)13-4-5-13/h13,15-16H,4-10H2,1-3H3,(H2,19,24)(H,20,25)/t15-,16+/m1/s1. The molecule has 1 aliphatic carbocycles. The van der Waals surface area contributed by atoms with Crippen LogP contribution < -0.4 is 11.1 Å². The Bertz CT molecular complexity index is 665. The third-order valence-corrected chi connectivity index (χ3v) is 5.66. The first-order valence-electron chi connectivity index (χ1n) is 9.14. The number of carbonyl (C=O) groups is 2. The average Bonchev–Trinajstić information content (AvgIpc) is 3.24. The van der Waals surface area contributed by atoms with Crippen molar-refractivity contribution < 1.29 is 9.59 Å². The zero-order chi connectivity index (χ0) is 18.1. The molecule has 0 spiro atoms. The summed E-state index contributed by atoms with van der Waals surface area (Å²) in [7, 11) is 1.93. The first-order valence-corrected chi connectivity index (χ1v) is 9.14. The maximum absolute atomic E-state index is 12.5. The second-order valence-electron chi connectivity index (χ2n) is 7.61. The molecule has 1 aromatic heterocycles. The molecule has 3 rings (SSSR count). The average molecular weight is 347 g/mol. The Morgan fingerprint density at radius 1 is 1.28 bits per heavy atom. The number of nitrogens with one attached hydrogen (secondary N) is 1. The molecule has 3 N–H and O–H groups in total. The highest BCUT2D eigenvalue weighted by Gasteiger charge is 2.43. The van der Waals surface area contributed by atoms with Crippen LogP contribution in [-0.4, -0.2) is 52.2 Å². The van der Waals surface area contributed by atoms with Gasteiger partial charge in [0, 0.05) is 38.3 Å². The monoisotopic (exact) mass is 347 g/mol. The van der Waals surface area contributed by atoms with Crippen molar-refractivity contribution in [1.29, 1.82) is 0 Å². The number of likely N-dealkylation sites (tertiary alicyclic amines) is 1. The number of aromatic nitrogens is 2. The van der Waals surface area contributed by atoms with E-state index in [0.717, 1.165) is 30.0 Å². The number of carbonyl (C=O) groups excluding carboxylic acids is 2. The lowest BCUT2D eigenvalue weighted by Crippen LogP contribution is -2.41. The van der Waals surface area contributed by atoms with E-state index >= 15 is 0 Å². The minimum Gasteiger partial charge on any atom is -0.369 e. The van der Waals surface area contributed by atoms with Gasteiger partial charge in [-0.3, -0.25) is 19.2 Å². The van der Waals surface area contributed by atoms with Gasteiger partial charge in [-0.05, 0) is 50.5 Å². The van der Waals surface area contributed by atoms with Gasteiger partial charge in [0.25, 0.3) is 0 Å². The topological polar surface area (TPSA) is 93.2 Å². The third-order valence-electron chi connectivity index (χ3n) is 5.66. The van der Waals surface area contributed by atoms with Crippen molar-refractivity contribution in [2.75, 3.05) is 19.6 Å². The van der Waals surface area contributed by atoms with Crippen molar-refractivity contribution >= 4 is 11.8 Å². The molecule has 0 bridgehead atoms. The molecular weight excluding hydrogens is 318 g/mol. The van der Waals surface area contributed by atoms with Gasteiger partial charge in [-0.1, -0.05) is 0 Å². The molecule has 2 fully saturated rings. The highest BCUT2D eigenvalue weighted by atomic mass is 16.2. The van der Waals surface area contributed by atoms with E-state index in [9.17, 15) is 9.59 Å². The number of rotatable bonds is 7. The minimum absolute atomic E-state index is 0.0826. The maximum atomic E-state index is 12.5. The van der Waals surface area contributed by atoms with Gasteiger partial charge in [0.1, 0.15) is 0 Å². The summed E-state index contributed by atoms with van der Waals surface area (Å²) in [5, 5.41) is 7.62. The van der Waals surface area contributed by atoms with Gasteiger partial charge in [-0.25, -0.2) is 0 Å². The minimum atomic E-state index is -0.302. The lowest BCUT2D eigenvalue weighted by atomic mass is 9.98. The highest BCUT2D eigenvalue weighted by Crippen LogP contribution is 2.41. The van der Waals surface area contributed by atoms with Gasteiger partial charge >= 0.3 is 0 Å². The highest BCUT2D eigenvalue weighted by molar-refractivity contribution is 5.77. The van der Waals surface area contributed by atoms with Crippen molar-refractivity contribution in [2.24, 2.45) is 24.6 Å². The molecule has 7 nitrogen and oxygen atoms in total. The van der Waals surface area contributed by atoms with E-state index < -0.39 is 0 Å². The van der Waals surface area contributed by atoms with Crippen LogP contribution >= 0.6 is 0 Å². The summed E-state index contributed by atoms with van der Waals surface area (Å²) in [5.74, 6) is 0.916. The molecule has 2 aliphatic rings. The van der Waals surface area contributed by atoms with Crippen LogP contribution in [-0.2, 0) is 23.1 Å². The number of aryl methyl sites for hydroxylation is 2. The van der Waals surface area contributed by atoms with Crippen molar-refractivity contribution in [3.05, 3.63) is 17.0 Å².